The molecule has 4 rings (SSSR count). The second kappa shape index (κ2) is 8.23. The first-order valence-electron chi connectivity index (χ1n) is 10.2. The Kier molecular flexibility index (Phi) is 5.69. The lowest BCUT2D eigenvalue weighted by Crippen LogP contribution is -2.39. The summed E-state index contributed by atoms with van der Waals surface area (Å²) in [5.74, 6) is 0.507. The number of carbonyl (C=O) groups excluding carboxylic acids is 1. The van der Waals surface area contributed by atoms with Crippen LogP contribution in [0.4, 0.5) is 0 Å². The van der Waals surface area contributed by atoms with E-state index in [0.717, 1.165) is 25.7 Å². The summed E-state index contributed by atoms with van der Waals surface area (Å²) in [6, 6.07) is 6.64. The molecule has 2 aliphatic rings. The molecule has 0 unspecified atom stereocenters. The van der Waals surface area contributed by atoms with Crippen molar-refractivity contribution in [2.45, 2.75) is 43.5 Å². The third kappa shape index (κ3) is 4.20. The summed E-state index contributed by atoms with van der Waals surface area (Å²) in [5, 5.41) is 4.18. The van der Waals surface area contributed by atoms with Crippen molar-refractivity contribution in [1.82, 2.24) is 24.0 Å². The van der Waals surface area contributed by atoms with Crippen LogP contribution in [-0.4, -0.2) is 64.5 Å². The second-order valence-electron chi connectivity index (χ2n) is 8.01. The van der Waals surface area contributed by atoms with E-state index in [-0.39, 0.29) is 16.8 Å². The van der Waals surface area contributed by atoms with Gasteiger partial charge in [0.25, 0.3) is 5.91 Å². The van der Waals surface area contributed by atoms with Gasteiger partial charge < -0.3 is 4.90 Å². The van der Waals surface area contributed by atoms with Gasteiger partial charge in [-0.05, 0) is 55.9 Å². The molecule has 0 atom stereocenters. The number of piperidine rings is 2. The second-order valence-corrected chi connectivity index (χ2v) is 9.95. The maximum atomic E-state index is 12.8. The van der Waals surface area contributed by atoms with Crippen LogP contribution in [0.5, 0.6) is 0 Å². The Bertz CT molecular complexity index is 927. The van der Waals surface area contributed by atoms with Crippen molar-refractivity contribution in [1.29, 1.82) is 0 Å². The molecule has 2 saturated heterocycles. The lowest BCUT2D eigenvalue weighted by Gasteiger charge is -2.32. The van der Waals surface area contributed by atoms with E-state index in [9.17, 15) is 13.2 Å². The van der Waals surface area contributed by atoms with Gasteiger partial charge in [-0.1, -0.05) is 6.92 Å². The van der Waals surface area contributed by atoms with E-state index < -0.39 is 10.0 Å². The van der Waals surface area contributed by atoms with Crippen LogP contribution in [0.2, 0.25) is 0 Å². The predicted molar refractivity (Wildman–Crippen MR) is 108 cm³/mol. The monoisotopic (exact) mass is 417 g/mol. The number of nitrogens with zero attached hydrogens (tertiary/aromatic N) is 5. The van der Waals surface area contributed by atoms with Gasteiger partial charge in [0.1, 0.15) is 12.7 Å². The normalized spacial score (nSPS) is 20.1. The van der Waals surface area contributed by atoms with Gasteiger partial charge in [0.2, 0.25) is 10.0 Å². The molecule has 0 aliphatic carbocycles. The zero-order chi connectivity index (χ0) is 20.4. The Labute approximate surface area is 171 Å². The Hall–Kier alpha value is -2.26. The van der Waals surface area contributed by atoms with E-state index in [4.69, 9.17) is 0 Å². The summed E-state index contributed by atoms with van der Waals surface area (Å²) in [6.07, 6.45) is 6.67. The van der Waals surface area contributed by atoms with Crippen LogP contribution in [0.3, 0.4) is 0 Å². The fraction of sp³-hybridized carbons (Fsp3) is 0.550. The van der Waals surface area contributed by atoms with E-state index in [1.807, 2.05) is 9.58 Å². The number of amides is 1. The van der Waals surface area contributed by atoms with Crippen LogP contribution < -0.4 is 0 Å². The van der Waals surface area contributed by atoms with Crippen LogP contribution in [0.25, 0.3) is 0 Å². The Morgan fingerprint density at radius 1 is 1.00 bits per heavy atom. The summed E-state index contributed by atoms with van der Waals surface area (Å²) >= 11 is 0. The first kappa shape index (κ1) is 20.0. The molecule has 156 valence electrons. The summed E-state index contributed by atoms with van der Waals surface area (Å²) < 4.78 is 29.1. The zero-order valence-corrected chi connectivity index (χ0v) is 17.5. The highest BCUT2D eigenvalue weighted by Crippen LogP contribution is 2.25. The SMILES string of the molecule is CC1CCN(S(=O)(=O)c2ccc(C(=O)N3CCC(n4cncn4)CC3)cc2)CC1. The molecule has 1 amide bonds. The Morgan fingerprint density at radius 3 is 2.24 bits per heavy atom. The molecule has 2 fully saturated rings. The standard InChI is InChI=1S/C20H27N5O3S/c1-16-6-12-24(13-7-16)29(27,28)19-4-2-17(3-5-19)20(26)23-10-8-18(9-11-23)25-15-21-14-22-25/h2-5,14-16,18H,6-13H2,1H3. The molecule has 3 heterocycles. The van der Waals surface area contributed by atoms with Gasteiger partial charge in [0, 0.05) is 31.7 Å². The summed E-state index contributed by atoms with van der Waals surface area (Å²) in [7, 11) is -3.49. The molecule has 2 aromatic rings. The van der Waals surface area contributed by atoms with Gasteiger partial charge in [0.15, 0.2) is 0 Å². The minimum atomic E-state index is -3.49. The first-order chi connectivity index (χ1) is 13.9. The molecule has 2 aliphatic heterocycles. The largest absolute Gasteiger partial charge is 0.338 e. The minimum Gasteiger partial charge on any atom is -0.338 e. The van der Waals surface area contributed by atoms with Crippen molar-refractivity contribution in [3.05, 3.63) is 42.5 Å². The van der Waals surface area contributed by atoms with Gasteiger partial charge in [-0.3, -0.25) is 4.79 Å². The van der Waals surface area contributed by atoms with E-state index >= 15 is 0 Å². The van der Waals surface area contributed by atoms with Gasteiger partial charge in [0.05, 0.1) is 10.9 Å². The average Bonchev–Trinajstić information content (AvgIpc) is 3.29. The Balaban J connectivity index is 1.39. The zero-order valence-electron chi connectivity index (χ0n) is 16.6. The van der Waals surface area contributed by atoms with Crippen molar-refractivity contribution in [2.24, 2.45) is 5.92 Å². The summed E-state index contributed by atoms with van der Waals surface area (Å²) in [4.78, 5) is 18.9. The highest BCUT2D eigenvalue weighted by molar-refractivity contribution is 7.89. The predicted octanol–water partition coefficient (Wildman–Crippen LogP) is 2.18. The summed E-state index contributed by atoms with van der Waals surface area (Å²) in [6.45, 7) is 4.57. The smallest absolute Gasteiger partial charge is 0.253 e. The molecule has 0 radical (unpaired) electrons. The molecule has 0 N–H and O–H groups in total. The molecule has 1 aromatic carbocycles. The van der Waals surface area contributed by atoms with E-state index in [1.165, 1.54) is 6.33 Å². The summed E-state index contributed by atoms with van der Waals surface area (Å²) in [5.41, 5.74) is 0.524. The number of likely N-dealkylation sites (tertiary alicyclic amines) is 1. The highest BCUT2D eigenvalue weighted by Gasteiger charge is 2.29. The van der Waals surface area contributed by atoms with E-state index in [2.05, 4.69) is 17.0 Å². The van der Waals surface area contributed by atoms with Crippen molar-refractivity contribution in [3.8, 4) is 0 Å². The van der Waals surface area contributed by atoms with Crippen LogP contribution >= 0.6 is 0 Å². The van der Waals surface area contributed by atoms with Crippen molar-refractivity contribution in [2.75, 3.05) is 26.2 Å². The van der Waals surface area contributed by atoms with Gasteiger partial charge >= 0.3 is 0 Å². The molecule has 8 nitrogen and oxygen atoms in total. The lowest BCUT2D eigenvalue weighted by molar-refractivity contribution is 0.0689. The van der Waals surface area contributed by atoms with Gasteiger partial charge in [-0.25, -0.2) is 18.1 Å². The molecule has 1 aromatic heterocycles. The maximum absolute atomic E-state index is 12.8. The molecular formula is C20H27N5O3S. The van der Waals surface area contributed by atoms with Crippen LogP contribution in [0.15, 0.2) is 41.8 Å². The highest BCUT2D eigenvalue weighted by atomic mass is 32.2. The number of hydrogen-bond donors (Lipinski definition) is 0. The maximum Gasteiger partial charge on any atom is 0.253 e. The third-order valence-electron chi connectivity index (χ3n) is 6.04. The average molecular weight is 418 g/mol. The lowest BCUT2D eigenvalue weighted by atomic mass is 10.0. The number of aromatic nitrogens is 3. The number of carbonyl (C=O) groups is 1. The molecular weight excluding hydrogens is 390 g/mol. The minimum absolute atomic E-state index is 0.0576. The number of hydrogen-bond acceptors (Lipinski definition) is 5. The van der Waals surface area contributed by atoms with Crippen molar-refractivity contribution < 1.29 is 13.2 Å². The molecule has 0 saturated carbocycles. The van der Waals surface area contributed by atoms with Crippen molar-refractivity contribution in [3.63, 3.8) is 0 Å². The molecule has 29 heavy (non-hydrogen) atoms. The van der Waals surface area contributed by atoms with Crippen LogP contribution in [-0.2, 0) is 10.0 Å². The van der Waals surface area contributed by atoms with Gasteiger partial charge in [-0.15, -0.1) is 0 Å². The fourth-order valence-electron chi connectivity index (χ4n) is 4.07. The van der Waals surface area contributed by atoms with E-state index in [0.29, 0.717) is 37.7 Å². The molecule has 0 bridgehead atoms. The molecule has 9 heteroatoms. The third-order valence-corrected chi connectivity index (χ3v) is 7.96. The first-order valence-corrected chi connectivity index (χ1v) is 11.6. The quantitative estimate of drug-likeness (QED) is 0.761. The number of benzene rings is 1. The van der Waals surface area contributed by atoms with Crippen LogP contribution in [0.1, 0.15) is 49.0 Å². The van der Waals surface area contributed by atoms with Crippen LogP contribution in [0, 0.1) is 5.92 Å². The number of sulfonamides is 1. The Morgan fingerprint density at radius 2 is 1.66 bits per heavy atom. The van der Waals surface area contributed by atoms with Gasteiger partial charge in [-0.2, -0.15) is 9.40 Å². The van der Waals surface area contributed by atoms with Crippen molar-refractivity contribution >= 4 is 15.9 Å². The molecule has 0 spiro atoms. The fourth-order valence-corrected chi connectivity index (χ4v) is 5.54. The topological polar surface area (TPSA) is 88.4 Å². The van der Waals surface area contributed by atoms with E-state index in [1.54, 1.807) is 34.9 Å². The number of rotatable bonds is 4.